The molecule has 0 unspecified atom stereocenters. The minimum absolute atomic E-state index is 0.272. The SMILES string of the molecule is CCC(=O)Oc1ccc(C)c(C)c1OC(=O)CC. The lowest BCUT2D eigenvalue weighted by Crippen LogP contribution is -2.11. The fourth-order valence-electron chi connectivity index (χ4n) is 1.35. The highest BCUT2D eigenvalue weighted by atomic mass is 16.6. The van der Waals surface area contributed by atoms with Crippen molar-refractivity contribution in [3.8, 4) is 11.5 Å². The average molecular weight is 250 g/mol. The van der Waals surface area contributed by atoms with Gasteiger partial charge in [-0.3, -0.25) is 9.59 Å². The molecule has 1 aromatic carbocycles. The van der Waals surface area contributed by atoms with Crippen LogP contribution in [0.25, 0.3) is 0 Å². The maximum absolute atomic E-state index is 11.4. The molecule has 1 rings (SSSR count). The smallest absolute Gasteiger partial charge is 0.311 e. The fourth-order valence-corrected chi connectivity index (χ4v) is 1.35. The van der Waals surface area contributed by atoms with Crippen LogP contribution in [-0.4, -0.2) is 11.9 Å². The third-order valence-corrected chi connectivity index (χ3v) is 2.66. The minimum atomic E-state index is -0.355. The van der Waals surface area contributed by atoms with Gasteiger partial charge in [0.05, 0.1) is 0 Å². The van der Waals surface area contributed by atoms with Crippen LogP contribution in [0.1, 0.15) is 37.8 Å². The average Bonchev–Trinajstić information content (AvgIpc) is 2.37. The van der Waals surface area contributed by atoms with Crippen LogP contribution in [0.15, 0.2) is 12.1 Å². The lowest BCUT2D eigenvalue weighted by molar-refractivity contribution is -0.136. The number of benzene rings is 1. The van der Waals surface area contributed by atoms with E-state index in [0.29, 0.717) is 11.5 Å². The van der Waals surface area contributed by atoms with Crippen molar-refractivity contribution in [2.24, 2.45) is 0 Å². The second-order valence-electron chi connectivity index (χ2n) is 3.99. The number of rotatable bonds is 4. The molecule has 0 saturated carbocycles. The van der Waals surface area contributed by atoms with E-state index in [1.54, 1.807) is 19.9 Å². The summed E-state index contributed by atoms with van der Waals surface area (Å²) in [5, 5.41) is 0. The monoisotopic (exact) mass is 250 g/mol. The Hall–Kier alpha value is -1.84. The van der Waals surface area contributed by atoms with Crippen LogP contribution in [0.5, 0.6) is 11.5 Å². The summed E-state index contributed by atoms with van der Waals surface area (Å²) in [7, 11) is 0. The number of carbonyl (C=O) groups excluding carboxylic acids is 2. The zero-order valence-corrected chi connectivity index (χ0v) is 11.2. The van der Waals surface area contributed by atoms with E-state index in [1.807, 2.05) is 19.9 Å². The summed E-state index contributed by atoms with van der Waals surface area (Å²) in [5.41, 5.74) is 1.78. The molecule has 0 radical (unpaired) electrons. The van der Waals surface area contributed by atoms with Crippen molar-refractivity contribution in [1.82, 2.24) is 0 Å². The van der Waals surface area contributed by atoms with Crippen molar-refractivity contribution in [1.29, 1.82) is 0 Å². The maximum Gasteiger partial charge on any atom is 0.311 e. The number of carbonyl (C=O) groups is 2. The number of esters is 2. The van der Waals surface area contributed by atoms with Crippen LogP contribution in [0, 0.1) is 13.8 Å². The molecular formula is C14H18O4. The number of ether oxygens (including phenoxy) is 2. The predicted molar refractivity (Wildman–Crippen MR) is 67.8 cm³/mol. The molecule has 0 aliphatic carbocycles. The molecule has 0 aliphatic heterocycles. The number of hydrogen-bond donors (Lipinski definition) is 0. The highest BCUT2D eigenvalue weighted by molar-refractivity contribution is 5.76. The Morgan fingerprint density at radius 2 is 1.56 bits per heavy atom. The van der Waals surface area contributed by atoms with Gasteiger partial charge in [-0.05, 0) is 31.0 Å². The molecule has 4 heteroatoms. The van der Waals surface area contributed by atoms with Crippen molar-refractivity contribution in [3.63, 3.8) is 0 Å². The van der Waals surface area contributed by atoms with Crippen LogP contribution in [0.3, 0.4) is 0 Å². The lowest BCUT2D eigenvalue weighted by Gasteiger charge is -2.13. The number of hydrogen-bond acceptors (Lipinski definition) is 4. The van der Waals surface area contributed by atoms with Gasteiger partial charge in [-0.25, -0.2) is 0 Å². The van der Waals surface area contributed by atoms with Gasteiger partial charge in [0.2, 0.25) is 0 Å². The van der Waals surface area contributed by atoms with E-state index in [9.17, 15) is 9.59 Å². The first kappa shape index (κ1) is 14.2. The zero-order chi connectivity index (χ0) is 13.7. The molecular weight excluding hydrogens is 232 g/mol. The van der Waals surface area contributed by atoms with E-state index in [-0.39, 0.29) is 24.8 Å². The molecule has 0 spiro atoms. The first-order valence-electron chi connectivity index (χ1n) is 6.01. The second kappa shape index (κ2) is 6.19. The highest BCUT2D eigenvalue weighted by Crippen LogP contribution is 2.33. The van der Waals surface area contributed by atoms with Gasteiger partial charge in [-0.15, -0.1) is 0 Å². The summed E-state index contributed by atoms with van der Waals surface area (Å²) in [6.45, 7) is 7.16. The Morgan fingerprint density at radius 1 is 1.00 bits per heavy atom. The standard InChI is InChI=1S/C14H18O4/c1-5-12(15)17-11-8-7-9(3)10(4)14(11)18-13(16)6-2/h7-8H,5-6H2,1-4H3. The summed E-state index contributed by atoms with van der Waals surface area (Å²) < 4.78 is 10.4. The molecule has 4 nitrogen and oxygen atoms in total. The minimum Gasteiger partial charge on any atom is -0.423 e. The summed E-state index contributed by atoms with van der Waals surface area (Å²) in [5.74, 6) is -0.0695. The Balaban J connectivity index is 3.12. The summed E-state index contributed by atoms with van der Waals surface area (Å²) in [4.78, 5) is 22.7. The molecule has 0 amide bonds. The normalized spacial score (nSPS) is 10.0. The number of aryl methyl sites for hydroxylation is 1. The van der Waals surface area contributed by atoms with Crippen molar-refractivity contribution in [2.75, 3.05) is 0 Å². The van der Waals surface area contributed by atoms with Gasteiger partial charge in [0.15, 0.2) is 11.5 Å². The third kappa shape index (κ3) is 3.32. The van der Waals surface area contributed by atoms with Crippen LogP contribution in [-0.2, 0) is 9.59 Å². The Bertz CT molecular complexity index is 463. The van der Waals surface area contributed by atoms with Gasteiger partial charge in [0.1, 0.15) is 0 Å². The second-order valence-corrected chi connectivity index (χ2v) is 3.99. The molecule has 0 N–H and O–H groups in total. The molecule has 0 atom stereocenters. The molecule has 0 bridgehead atoms. The Kier molecular flexibility index (Phi) is 4.89. The molecule has 0 aliphatic rings. The molecule has 18 heavy (non-hydrogen) atoms. The summed E-state index contributed by atoms with van der Waals surface area (Å²) in [6, 6.07) is 3.48. The van der Waals surface area contributed by atoms with Crippen LogP contribution in [0.2, 0.25) is 0 Å². The van der Waals surface area contributed by atoms with Crippen molar-refractivity contribution < 1.29 is 19.1 Å². The first-order chi connectivity index (χ1) is 8.49. The maximum atomic E-state index is 11.4. The fraction of sp³-hybridized carbons (Fsp3) is 0.429. The van der Waals surface area contributed by atoms with Gasteiger partial charge in [-0.2, -0.15) is 0 Å². The quantitative estimate of drug-likeness (QED) is 0.609. The first-order valence-corrected chi connectivity index (χ1v) is 6.01. The van der Waals surface area contributed by atoms with Gasteiger partial charge >= 0.3 is 11.9 Å². The van der Waals surface area contributed by atoms with E-state index in [1.165, 1.54) is 0 Å². The van der Waals surface area contributed by atoms with Crippen molar-refractivity contribution >= 4 is 11.9 Å². The predicted octanol–water partition coefficient (Wildman–Crippen LogP) is 2.93. The van der Waals surface area contributed by atoms with Gasteiger partial charge in [-0.1, -0.05) is 19.9 Å². The molecule has 0 saturated heterocycles. The van der Waals surface area contributed by atoms with Crippen molar-refractivity contribution in [2.45, 2.75) is 40.5 Å². The van der Waals surface area contributed by atoms with Gasteiger partial charge < -0.3 is 9.47 Å². The van der Waals surface area contributed by atoms with E-state index < -0.39 is 0 Å². The van der Waals surface area contributed by atoms with Crippen LogP contribution < -0.4 is 9.47 Å². The molecule has 98 valence electrons. The molecule has 0 heterocycles. The summed E-state index contributed by atoms with van der Waals surface area (Å²) in [6.07, 6.45) is 0.544. The lowest BCUT2D eigenvalue weighted by atomic mass is 10.1. The largest absolute Gasteiger partial charge is 0.423 e. The van der Waals surface area contributed by atoms with E-state index in [0.717, 1.165) is 11.1 Å². The zero-order valence-electron chi connectivity index (χ0n) is 11.2. The van der Waals surface area contributed by atoms with Crippen LogP contribution in [0.4, 0.5) is 0 Å². The van der Waals surface area contributed by atoms with E-state index >= 15 is 0 Å². The molecule has 1 aromatic rings. The Morgan fingerprint density at radius 3 is 2.11 bits per heavy atom. The third-order valence-electron chi connectivity index (χ3n) is 2.66. The highest BCUT2D eigenvalue weighted by Gasteiger charge is 2.16. The van der Waals surface area contributed by atoms with E-state index in [4.69, 9.17) is 9.47 Å². The van der Waals surface area contributed by atoms with Crippen molar-refractivity contribution in [3.05, 3.63) is 23.3 Å². The summed E-state index contributed by atoms with van der Waals surface area (Å²) >= 11 is 0. The van der Waals surface area contributed by atoms with Crippen LogP contribution >= 0.6 is 0 Å². The van der Waals surface area contributed by atoms with Gasteiger partial charge in [0.25, 0.3) is 0 Å². The molecule has 0 fully saturated rings. The molecule has 0 aromatic heterocycles. The topological polar surface area (TPSA) is 52.6 Å². The van der Waals surface area contributed by atoms with E-state index in [2.05, 4.69) is 0 Å². The Labute approximate surface area is 107 Å². The van der Waals surface area contributed by atoms with Gasteiger partial charge in [0, 0.05) is 12.8 Å².